The highest BCUT2D eigenvalue weighted by Crippen LogP contribution is 2.20. The maximum absolute atomic E-state index is 12.5. The summed E-state index contributed by atoms with van der Waals surface area (Å²) in [7, 11) is -3.49. The first-order valence-corrected chi connectivity index (χ1v) is 8.92. The van der Waals surface area contributed by atoms with Crippen LogP contribution in [0.3, 0.4) is 0 Å². The Morgan fingerprint density at radius 1 is 1.14 bits per heavy atom. The van der Waals surface area contributed by atoms with Gasteiger partial charge in [0.25, 0.3) is 0 Å². The van der Waals surface area contributed by atoms with Crippen molar-refractivity contribution in [2.45, 2.75) is 11.3 Å². The molecule has 0 atom stereocenters. The van der Waals surface area contributed by atoms with Crippen molar-refractivity contribution in [3.8, 4) is 0 Å². The molecule has 1 heterocycles. The van der Waals surface area contributed by atoms with Crippen LogP contribution < -0.4 is 5.73 Å². The van der Waals surface area contributed by atoms with E-state index in [1.54, 1.807) is 29.2 Å². The van der Waals surface area contributed by atoms with Crippen molar-refractivity contribution < 1.29 is 13.2 Å². The highest BCUT2D eigenvalue weighted by atomic mass is 79.9. The van der Waals surface area contributed by atoms with Crippen molar-refractivity contribution in [3.63, 3.8) is 0 Å². The molecule has 124 valence electrons. The molecule has 1 aromatic carbocycles. The lowest BCUT2D eigenvalue weighted by molar-refractivity contribution is -0.132. The molecule has 0 aliphatic carbocycles. The van der Waals surface area contributed by atoms with E-state index in [9.17, 15) is 13.2 Å². The van der Waals surface area contributed by atoms with E-state index >= 15 is 0 Å². The van der Waals surface area contributed by atoms with Crippen LogP contribution in [0.25, 0.3) is 0 Å². The summed E-state index contributed by atoms with van der Waals surface area (Å²) in [5, 5.41) is 0. The van der Waals surface area contributed by atoms with E-state index in [0.29, 0.717) is 39.1 Å². The van der Waals surface area contributed by atoms with Crippen molar-refractivity contribution >= 4 is 44.3 Å². The smallest absolute Gasteiger partial charge is 0.243 e. The number of hydrogen-bond donors (Lipinski definition) is 1. The van der Waals surface area contributed by atoms with E-state index in [2.05, 4.69) is 15.9 Å². The van der Waals surface area contributed by atoms with Crippen LogP contribution in [-0.4, -0.2) is 56.3 Å². The molecule has 0 unspecified atom stereocenters. The zero-order chi connectivity index (χ0) is 15.5. The average molecular weight is 413 g/mol. The number of hydrogen-bond acceptors (Lipinski definition) is 4. The Hall–Kier alpha value is -0.670. The fraction of sp³-hybridized carbons (Fsp3) is 0.462. The Bertz CT molecular complexity index is 601. The van der Waals surface area contributed by atoms with Crippen molar-refractivity contribution in [1.29, 1.82) is 0 Å². The third kappa shape index (κ3) is 4.42. The van der Waals surface area contributed by atoms with Gasteiger partial charge in [0.05, 0.1) is 4.90 Å². The average Bonchev–Trinajstić information content (AvgIpc) is 2.48. The van der Waals surface area contributed by atoms with Gasteiger partial charge in [-0.3, -0.25) is 4.79 Å². The fourth-order valence-corrected chi connectivity index (χ4v) is 3.90. The van der Waals surface area contributed by atoms with Crippen LogP contribution in [0.2, 0.25) is 0 Å². The molecule has 1 fully saturated rings. The van der Waals surface area contributed by atoms with Gasteiger partial charge in [-0.2, -0.15) is 4.31 Å². The number of benzene rings is 1. The van der Waals surface area contributed by atoms with Gasteiger partial charge >= 0.3 is 0 Å². The number of halogens is 2. The van der Waals surface area contributed by atoms with Crippen LogP contribution in [0, 0.1) is 0 Å². The van der Waals surface area contributed by atoms with Gasteiger partial charge in [0.2, 0.25) is 15.9 Å². The molecule has 9 heteroatoms. The van der Waals surface area contributed by atoms with Crippen LogP contribution in [-0.2, 0) is 14.8 Å². The van der Waals surface area contributed by atoms with E-state index in [4.69, 9.17) is 5.73 Å². The Kier molecular flexibility index (Phi) is 7.27. The number of amides is 1. The monoisotopic (exact) mass is 411 g/mol. The molecule has 0 bridgehead atoms. The minimum absolute atomic E-state index is 0. The third-order valence-corrected chi connectivity index (χ3v) is 5.84. The molecule has 2 rings (SSSR count). The zero-order valence-corrected chi connectivity index (χ0v) is 15.2. The first-order chi connectivity index (χ1) is 9.95. The molecule has 22 heavy (non-hydrogen) atoms. The lowest BCUT2D eigenvalue weighted by atomic mass is 10.3. The Morgan fingerprint density at radius 2 is 1.68 bits per heavy atom. The summed E-state index contributed by atoms with van der Waals surface area (Å²) in [5.41, 5.74) is 5.36. The maximum atomic E-state index is 12.5. The van der Waals surface area contributed by atoms with E-state index in [1.165, 1.54) is 4.31 Å². The first-order valence-electron chi connectivity index (χ1n) is 6.68. The molecular formula is C13H19BrClN3O3S. The van der Waals surface area contributed by atoms with Crippen molar-refractivity contribution in [2.75, 3.05) is 32.7 Å². The normalized spacial score (nSPS) is 16.2. The van der Waals surface area contributed by atoms with E-state index in [1.807, 2.05) is 0 Å². The number of nitrogens with zero attached hydrogens (tertiary/aromatic N) is 2. The number of nitrogens with two attached hydrogens (primary N) is 1. The van der Waals surface area contributed by atoms with Crippen LogP contribution in [0.5, 0.6) is 0 Å². The van der Waals surface area contributed by atoms with E-state index in [0.717, 1.165) is 4.47 Å². The van der Waals surface area contributed by atoms with Crippen LogP contribution >= 0.6 is 28.3 Å². The molecule has 0 spiro atoms. The Labute approximate surface area is 145 Å². The minimum atomic E-state index is -3.49. The standard InChI is InChI=1S/C13H18BrN3O3S.ClH/c14-11-1-3-12(4-2-11)21(19,20)17-9-7-16(8-10-17)13(18)5-6-15;/h1-4H,5-10,15H2;1H. The van der Waals surface area contributed by atoms with E-state index in [-0.39, 0.29) is 23.2 Å². The molecule has 1 aromatic rings. The SMILES string of the molecule is Cl.NCCC(=O)N1CCN(S(=O)(=O)c2ccc(Br)cc2)CC1. The number of piperazine rings is 1. The number of carbonyl (C=O) groups is 1. The molecule has 1 amide bonds. The van der Waals surface area contributed by atoms with Crippen molar-refractivity contribution in [1.82, 2.24) is 9.21 Å². The summed E-state index contributed by atoms with van der Waals surface area (Å²) in [6.45, 7) is 1.77. The maximum Gasteiger partial charge on any atom is 0.243 e. The van der Waals surface area contributed by atoms with Gasteiger partial charge in [-0.1, -0.05) is 15.9 Å². The molecular weight excluding hydrogens is 394 g/mol. The summed E-state index contributed by atoms with van der Waals surface area (Å²) >= 11 is 3.28. The zero-order valence-electron chi connectivity index (χ0n) is 11.9. The van der Waals surface area contributed by atoms with Gasteiger partial charge in [0.15, 0.2) is 0 Å². The molecule has 0 radical (unpaired) electrons. The minimum Gasteiger partial charge on any atom is -0.340 e. The Morgan fingerprint density at radius 3 is 2.18 bits per heavy atom. The predicted molar refractivity (Wildman–Crippen MR) is 90.4 cm³/mol. The van der Waals surface area contributed by atoms with E-state index < -0.39 is 10.0 Å². The van der Waals surface area contributed by atoms with Gasteiger partial charge in [-0.25, -0.2) is 8.42 Å². The molecule has 0 saturated carbocycles. The second-order valence-corrected chi connectivity index (χ2v) is 7.63. The highest BCUT2D eigenvalue weighted by Gasteiger charge is 2.29. The molecule has 0 aromatic heterocycles. The topological polar surface area (TPSA) is 83.7 Å². The van der Waals surface area contributed by atoms with Crippen molar-refractivity contribution in [3.05, 3.63) is 28.7 Å². The van der Waals surface area contributed by atoms with Crippen molar-refractivity contribution in [2.24, 2.45) is 5.73 Å². The van der Waals surface area contributed by atoms with Gasteiger partial charge in [0, 0.05) is 43.6 Å². The second kappa shape index (κ2) is 8.26. The third-order valence-electron chi connectivity index (χ3n) is 3.40. The fourth-order valence-electron chi connectivity index (χ4n) is 2.22. The molecule has 1 saturated heterocycles. The first kappa shape index (κ1) is 19.4. The summed E-state index contributed by atoms with van der Waals surface area (Å²) < 4.78 is 27.2. The summed E-state index contributed by atoms with van der Waals surface area (Å²) in [6.07, 6.45) is 0.305. The lowest BCUT2D eigenvalue weighted by Gasteiger charge is -2.34. The lowest BCUT2D eigenvalue weighted by Crippen LogP contribution is -2.50. The second-order valence-electron chi connectivity index (χ2n) is 4.78. The number of carbonyl (C=O) groups excluding carboxylic acids is 1. The largest absolute Gasteiger partial charge is 0.340 e. The summed E-state index contributed by atoms with van der Waals surface area (Å²) in [4.78, 5) is 13.7. The quantitative estimate of drug-likeness (QED) is 0.801. The predicted octanol–water partition coefficient (Wildman–Crippen LogP) is 1.05. The van der Waals surface area contributed by atoms with Gasteiger partial charge in [0.1, 0.15) is 0 Å². The number of rotatable bonds is 4. The molecule has 6 nitrogen and oxygen atoms in total. The van der Waals surface area contributed by atoms with Crippen LogP contribution in [0.4, 0.5) is 0 Å². The summed E-state index contributed by atoms with van der Waals surface area (Å²) in [5.74, 6) is -0.0156. The molecule has 2 N–H and O–H groups in total. The Balaban J connectivity index is 0.00000242. The molecule has 1 aliphatic heterocycles. The van der Waals surface area contributed by atoms with Crippen LogP contribution in [0.1, 0.15) is 6.42 Å². The van der Waals surface area contributed by atoms with Gasteiger partial charge in [-0.15, -0.1) is 12.4 Å². The van der Waals surface area contributed by atoms with Gasteiger partial charge < -0.3 is 10.6 Å². The van der Waals surface area contributed by atoms with Crippen LogP contribution in [0.15, 0.2) is 33.6 Å². The summed E-state index contributed by atoms with van der Waals surface area (Å²) in [6, 6.07) is 6.55. The molecule has 1 aliphatic rings. The highest BCUT2D eigenvalue weighted by molar-refractivity contribution is 9.10. The number of sulfonamides is 1. The van der Waals surface area contributed by atoms with Gasteiger partial charge in [-0.05, 0) is 24.3 Å².